The number of carboxylic acids is 1. The molecule has 0 radical (unpaired) electrons. The van der Waals surface area contributed by atoms with Crippen LogP contribution in [-0.4, -0.2) is 58.8 Å². The van der Waals surface area contributed by atoms with Gasteiger partial charge in [0.15, 0.2) is 0 Å². The maximum Gasteiger partial charge on any atom is 0.407 e. The Kier molecular flexibility index (Phi) is 5.56. The van der Waals surface area contributed by atoms with Crippen LogP contribution in [0.3, 0.4) is 0 Å². The summed E-state index contributed by atoms with van der Waals surface area (Å²) in [4.78, 5) is 24.1. The molecule has 7 nitrogen and oxygen atoms in total. The Balaban J connectivity index is 0.00000289. The van der Waals surface area contributed by atoms with Crippen LogP contribution in [0.25, 0.3) is 0 Å². The van der Waals surface area contributed by atoms with Crippen LogP contribution in [0.15, 0.2) is 0 Å². The Morgan fingerprint density at radius 2 is 1.94 bits per heavy atom. The molecule has 2 atom stereocenters. The summed E-state index contributed by atoms with van der Waals surface area (Å²) in [6.45, 7) is 5.88. The van der Waals surface area contributed by atoms with Gasteiger partial charge >= 0.3 is 12.1 Å². The molecule has 1 amide bonds. The summed E-state index contributed by atoms with van der Waals surface area (Å²) in [6, 6.07) is -0.703. The topological polar surface area (TPSA) is 110 Å². The highest BCUT2D eigenvalue weighted by molar-refractivity contribution is 5.74. The fraction of sp³-hybridized carbons (Fsp3) is 0.818. The molecule has 1 fully saturated rings. The van der Waals surface area contributed by atoms with E-state index in [9.17, 15) is 9.59 Å². The third kappa shape index (κ3) is 4.89. The van der Waals surface area contributed by atoms with Crippen molar-refractivity contribution < 1.29 is 24.9 Å². The summed E-state index contributed by atoms with van der Waals surface area (Å²) in [5, 5.41) is 11.6. The van der Waals surface area contributed by atoms with Crippen molar-refractivity contribution in [2.45, 2.75) is 44.9 Å². The van der Waals surface area contributed by atoms with E-state index in [0.717, 1.165) is 0 Å². The molecule has 0 unspecified atom stereocenters. The summed E-state index contributed by atoms with van der Waals surface area (Å²) in [5.74, 6) is -0.860. The summed E-state index contributed by atoms with van der Waals surface area (Å²) < 4.78 is 5.11. The van der Waals surface area contributed by atoms with E-state index in [1.54, 1.807) is 32.7 Å². The van der Waals surface area contributed by atoms with Crippen molar-refractivity contribution in [1.82, 2.24) is 10.2 Å². The lowest BCUT2D eigenvalue weighted by Gasteiger charge is -2.21. The van der Waals surface area contributed by atoms with Gasteiger partial charge in [0.05, 0.1) is 0 Å². The lowest BCUT2D eigenvalue weighted by Crippen LogP contribution is -2.40. The van der Waals surface area contributed by atoms with Gasteiger partial charge in [-0.05, 0) is 34.2 Å². The molecule has 1 aliphatic heterocycles. The number of ether oxygens (including phenoxy) is 1. The number of carboxylic acid groups (broad SMARTS) is 1. The second kappa shape index (κ2) is 6.01. The number of alkyl carbamates (subject to hydrolysis) is 1. The van der Waals surface area contributed by atoms with Gasteiger partial charge in [-0.1, -0.05) is 0 Å². The summed E-state index contributed by atoms with van der Waals surface area (Å²) in [6.07, 6.45) is -0.0904. The van der Waals surface area contributed by atoms with Crippen LogP contribution in [0, 0.1) is 0 Å². The number of amides is 1. The van der Waals surface area contributed by atoms with Gasteiger partial charge in [-0.25, -0.2) is 4.79 Å². The van der Waals surface area contributed by atoms with Gasteiger partial charge in [-0.3, -0.25) is 9.69 Å². The maximum absolute atomic E-state index is 11.5. The highest BCUT2D eigenvalue weighted by Crippen LogP contribution is 2.16. The molecule has 0 aromatic rings. The first-order valence-corrected chi connectivity index (χ1v) is 5.61. The minimum atomic E-state index is -0.860. The van der Waals surface area contributed by atoms with E-state index in [1.165, 1.54) is 0 Å². The minimum Gasteiger partial charge on any atom is -0.480 e. The van der Waals surface area contributed by atoms with Crippen molar-refractivity contribution in [2.75, 3.05) is 13.6 Å². The number of carbonyl (C=O) groups is 2. The van der Waals surface area contributed by atoms with Crippen LogP contribution < -0.4 is 5.32 Å². The molecule has 7 heteroatoms. The zero-order chi connectivity index (χ0) is 13.2. The predicted molar refractivity (Wildman–Crippen MR) is 65.4 cm³/mol. The number of likely N-dealkylation sites (tertiary alicyclic amines) is 1. The second-order valence-electron chi connectivity index (χ2n) is 5.37. The van der Waals surface area contributed by atoms with E-state index >= 15 is 0 Å². The van der Waals surface area contributed by atoms with Gasteiger partial charge in [-0.15, -0.1) is 0 Å². The zero-order valence-electron chi connectivity index (χ0n) is 11.2. The third-order valence-corrected chi connectivity index (χ3v) is 2.55. The Morgan fingerprint density at radius 3 is 2.33 bits per heavy atom. The molecule has 1 saturated heterocycles. The second-order valence-corrected chi connectivity index (χ2v) is 5.37. The van der Waals surface area contributed by atoms with Crippen molar-refractivity contribution in [2.24, 2.45) is 0 Å². The summed E-state index contributed by atoms with van der Waals surface area (Å²) in [5.41, 5.74) is -0.541. The molecular weight excluding hydrogens is 240 g/mol. The first kappa shape index (κ1) is 16.7. The number of likely N-dealkylation sites (N-methyl/N-ethyl adjacent to an activating group) is 1. The molecule has 18 heavy (non-hydrogen) atoms. The van der Waals surface area contributed by atoms with Crippen LogP contribution in [0.4, 0.5) is 4.79 Å². The summed E-state index contributed by atoms with van der Waals surface area (Å²) in [7, 11) is 1.73. The van der Waals surface area contributed by atoms with Gasteiger partial charge in [-0.2, -0.15) is 0 Å². The molecule has 0 aliphatic carbocycles. The predicted octanol–water partition coefficient (Wildman–Crippen LogP) is -0.156. The number of aliphatic carboxylic acids is 1. The Morgan fingerprint density at radius 1 is 1.39 bits per heavy atom. The first-order chi connectivity index (χ1) is 7.69. The molecule has 0 aromatic carbocycles. The molecule has 1 heterocycles. The molecule has 1 rings (SSSR count). The summed E-state index contributed by atoms with van der Waals surface area (Å²) >= 11 is 0. The van der Waals surface area contributed by atoms with Gasteiger partial charge in [0.1, 0.15) is 11.6 Å². The van der Waals surface area contributed by atoms with E-state index in [2.05, 4.69) is 5.32 Å². The largest absolute Gasteiger partial charge is 0.480 e. The van der Waals surface area contributed by atoms with E-state index in [1.807, 2.05) is 0 Å². The SMILES string of the molecule is CN1C[C@@H](NC(=O)OC(C)(C)C)C[C@H]1C(=O)O.O. The van der Waals surface area contributed by atoms with Gasteiger partial charge in [0.2, 0.25) is 0 Å². The normalized spacial score (nSPS) is 24.2. The number of nitrogens with one attached hydrogen (secondary N) is 1. The molecule has 0 bridgehead atoms. The third-order valence-electron chi connectivity index (χ3n) is 2.55. The average Bonchev–Trinajstić information content (AvgIpc) is 2.42. The number of hydrogen-bond donors (Lipinski definition) is 2. The molecule has 0 spiro atoms. The highest BCUT2D eigenvalue weighted by Gasteiger charge is 2.35. The Labute approximate surface area is 106 Å². The van der Waals surface area contributed by atoms with Crippen molar-refractivity contribution in [3.8, 4) is 0 Å². The smallest absolute Gasteiger partial charge is 0.407 e. The monoisotopic (exact) mass is 262 g/mol. The Bertz CT molecular complexity index is 313. The standard InChI is InChI=1S/C11H20N2O4.H2O/c1-11(2,3)17-10(16)12-7-5-8(9(14)15)13(4)6-7;/h7-8H,5-6H2,1-4H3,(H,12,16)(H,14,15);1H2/t7-,8-;/m0./s1. The zero-order valence-corrected chi connectivity index (χ0v) is 11.2. The van der Waals surface area contributed by atoms with Crippen molar-refractivity contribution in [3.63, 3.8) is 0 Å². The quantitative estimate of drug-likeness (QED) is 0.718. The molecule has 4 N–H and O–H groups in total. The number of hydrogen-bond acceptors (Lipinski definition) is 4. The molecule has 106 valence electrons. The number of rotatable bonds is 2. The highest BCUT2D eigenvalue weighted by atomic mass is 16.6. The molecule has 0 saturated carbocycles. The van der Waals surface area contributed by atoms with E-state index in [4.69, 9.17) is 9.84 Å². The molecule has 0 aromatic heterocycles. The average molecular weight is 262 g/mol. The lowest BCUT2D eigenvalue weighted by atomic mass is 10.2. The lowest BCUT2D eigenvalue weighted by molar-refractivity contribution is -0.141. The van der Waals surface area contributed by atoms with Crippen LogP contribution in [0.1, 0.15) is 27.2 Å². The van der Waals surface area contributed by atoms with Crippen molar-refractivity contribution in [1.29, 1.82) is 0 Å². The van der Waals surface area contributed by atoms with Crippen LogP contribution in [0.2, 0.25) is 0 Å². The fourth-order valence-electron chi connectivity index (χ4n) is 1.87. The molecule has 1 aliphatic rings. The van der Waals surface area contributed by atoms with E-state index in [0.29, 0.717) is 13.0 Å². The number of nitrogens with zero attached hydrogens (tertiary/aromatic N) is 1. The van der Waals surface area contributed by atoms with Crippen LogP contribution in [0.5, 0.6) is 0 Å². The first-order valence-electron chi connectivity index (χ1n) is 5.61. The van der Waals surface area contributed by atoms with Gasteiger partial charge < -0.3 is 20.6 Å². The van der Waals surface area contributed by atoms with Crippen molar-refractivity contribution >= 4 is 12.1 Å². The molecular formula is C11H22N2O5. The van der Waals surface area contributed by atoms with Gasteiger partial charge in [0, 0.05) is 12.6 Å². The Hall–Kier alpha value is -1.34. The minimum absolute atomic E-state index is 0. The number of carbonyl (C=O) groups excluding carboxylic acids is 1. The van der Waals surface area contributed by atoms with Crippen molar-refractivity contribution in [3.05, 3.63) is 0 Å². The van der Waals surface area contributed by atoms with Crippen LogP contribution in [-0.2, 0) is 9.53 Å². The maximum atomic E-state index is 11.5. The van der Waals surface area contributed by atoms with E-state index < -0.39 is 23.7 Å². The van der Waals surface area contributed by atoms with Gasteiger partial charge in [0.25, 0.3) is 0 Å². The fourth-order valence-corrected chi connectivity index (χ4v) is 1.87. The van der Waals surface area contributed by atoms with Crippen LogP contribution >= 0.6 is 0 Å². The van der Waals surface area contributed by atoms with E-state index in [-0.39, 0.29) is 11.5 Å².